The van der Waals surface area contributed by atoms with Crippen molar-refractivity contribution in [2.24, 2.45) is 0 Å². The Morgan fingerprint density at radius 2 is 2.07 bits per heavy atom. The van der Waals surface area contributed by atoms with Crippen LogP contribution in [-0.4, -0.2) is 54.6 Å². The lowest BCUT2D eigenvalue weighted by Crippen LogP contribution is -2.43. The molecule has 1 fully saturated rings. The van der Waals surface area contributed by atoms with Crippen molar-refractivity contribution in [2.45, 2.75) is 26.2 Å². The van der Waals surface area contributed by atoms with Gasteiger partial charge in [-0.3, -0.25) is 9.59 Å². The van der Waals surface area contributed by atoms with Crippen molar-refractivity contribution in [3.63, 3.8) is 0 Å². The van der Waals surface area contributed by atoms with Crippen LogP contribution in [0.2, 0.25) is 0 Å². The third-order valence-electron chi connectivity index (χ3n) is 4.39. The number of hydrogen-bond donors (Lipinski definition) is 1. The highest BCUT2D eigenvalue weighted by molar-refractivity contribution is 7.14. The largest absolute Gasteiger partial charge is 0.483 e. The van der Waals surface area contributed by atoms with Gasteiger partial charge in [-0.1, -0.05) is 25.5 Å². The number of carbonyl (C=O) groups excluding carboxylic acids is 2. The van der Waals surface area contributed by atoms with Gasteiger partial charge in [-0.25, -0.2) is 4.98 Å². The first-order valence-corrected chi connectivity index (χ1v) is 10.4. The summed E-state index contributed by atoms with van der Waals surface area (Å²) in [6.45, 7) is 4.34. The third kappa shape index (κ3) is 5.53. The molecular weight excluding hydrogens is 378 g/mol. The van der Waals surface area contributed by atoms with Crippen LogP contribution in [0.4, 0.5) is 5.13 Å². The summed E-state index contributed by atoms with van der Waals surface area (Å²) in [5, 5.41) is 5.28. The molecule has 7 nitrogen and oxygen atoms in total. The highest BCUT2D eigenvalue weighted by atomic mass is 32.1. The van der Waals surface area contributed by atoms with Crippen molar-refractivity contribution in [2.75, 3.05) is 38.2 Å². The third-order valence-corrected chi connectivity index (χ3v) is 5.14. The molecule has 1 aromatic heterocycles. The molecule has 0 spiro atoms. The van der Waals surface area contributed by atoms with Gasteiger partial charge in [0.15, 0.2) is 11.7 Å². The molecule has 0 unspecified atom stereocenters. The molecule has 28 heavy (non-hydrogen) atoms. The number of aromatic nitrogens is 1. The fourth-order valence-corrected chi connectivity index (χ4v) is 3.55. The van der Waals surface area contributed by atoms with Crippen molar-refractivity contribution in [1.82, 2.24) is 9.88 Å². The summed E-state index contributed by atoms with van der Waals surface area (Å²) < 4.78 is 11.1. The average molecular weight is 404 g/mol. The van der Waals surface area contributed by atoms with Gasteiger partial charge in [0.1, 0.15) is 5.75 Å². The van der Waals surface area contributed by atoms with Gasteiger partial charge in [-0.05, 0) is 18.6 Å². The van der Waals surface area contributed by atoms with Crippen LogP contribution in [-0.2, 0) is 14.3 Å². The number of rotatable bonds is 8. The van der Waals surface area contributed by atoms with Crippen molar-refractivity contribution >= 4 is 28.3 Å². The minimum absolute atomic E-state index is 0.0246. The van der Waals surface area contributed by atoms with E-state index in [0.717, 1.165) is 18.4 Å². The van der Waals surface area contributed by atoms with Gasteiger partial charge in [-0.2, -0.15) is 0 Å². The van der Waals surface area contributed by atoms with Crippen molar-refractivity contribution in [3.05, 3.63) is 29.6 Å². The number of hydrogen-bond acceptors (Lipinski definition) is 6. The number of carbonyl (C=O) groups is 2. The maximum atomic E-state index is 12.3. The molecule has 8 heteroatoms. The van der Waals surface area contributed by atoms with E-state index in [0.29, 0.717) is 49.3 Å². The van der Waals surface area contributed by atoms with Crippen LogP contribution < -0.4 is 10.1 Å². The maximum Gasteiger partial charge on any atom is 0.260 e. The second-order valence-electron chi connectivity index (χ2n) is 6.47. The van der Waals surface area contributed by atoms with Gasteiger partial charge < -0.3 is 19.7 Å². The Hall–Kier alpha value is -2.45. The van der Waals surface area contributed by atoms with E-state index in [-0.39, 0.29) is 18.4 Å². The van der Waals surface area contributed by atoms with Crippen LogP contribution in [0.25, 0.3) is 11.3 Å². The van der Waals surface area contributed by atoms with Gasteiger partial charge in [0.25, 0.3) is 5.91 Å². The summed E-state index contributed by atoms with van der Waals surface area (Å²) in [7, 11) is 0. The maximum absolute atomic E-state index is 12.3. The van der Waals surface area contributed by atoms with Crippen molar-refractivity contribution < 1.29 is 19.1 Å². The summed E-state index contributed by atoms with van der Waals surface area (Å²) in [6.07, 6.45) is 2.33. The molecule has 2 heterocycles. The van der Waals surface area contributed by atoms with Gasteiger partial charge in [0.05, 0.1) is 18.9 Å². The SMILES string of the molecule is CCCCC(=O)Nc1nc(-c2ccccc2OCC(=O)N2CCOCC2)cs1. The predicted octanol–water partition coefficient (Wildman–Crippen LogP) is 3.18. The number of amides is 2. The van der Waals surface area contributed by atoms with E-state index in [1.54, 1.807) is 4.90 Å². The van der Waals surface area contributed by atoms with E-state index in [4.69, 9.17) is 9.47 Å². The first-order chi connectivity index (χ1) is 13.7. The fraction of sp³-hybridized carbons (Fsp3) is 0.450. The number of benzene rings is 1. The predicted molar refractivity (Wildman–Crippen MR) is 109 cm³/mol. The zero-order valence-corrected chi connectivity index (χ0v) is 16.8. The highest BCUT2D eigenvalue weighted by Gasteiger charge is 2.18. The fourth-order valence-electron chi connectivity index (χ4n) is 2.82. The Bertz CT molecular complexity index is 802. The minimum Gasteiger partial charge on any atom is -0.483 e. The Morgan fingerprint density at radius 3 is 2.86 bits per heavy atom. The van der Waals surface area contributed by atoms with E-state index in [9.17, 15) is 9.59 Å². The van der Waals surface area contributed by atoms with Gasteiger partial charge >= 0.3 is 0 Å². The normalized spacial score (nSPS) is 14.0. The molecule has 1 aliphatic rings. The van der Waals surface area contributed by atoms with E-state index >= 15 is 0 Å². The van der Waals surface area contributed by atoms with E-state index in [2.05, 4.69) is 17.2 Å². The Kier molecular flexibility index (Phi) is 7.39. The van der Waals surface area contributed by atoms with E-state index < -0.39 is 0 Å². The lowest BCUT2D eigenvalue weighted by molar-refractivity contribution is -0.137. The first-order valence-electron chi connectivity index (χ1n) is 9.50. The second-order valence-corrected chi connectivity index (χ2v) is 7.33. The van der Waals surface area contributed by atoms with Crippen LogP contribution in [0.15, 0.2) is 29.6 Å². The standard InChI is InChI=1S/C20H25N3O4S/c1-2-3-8-18(24)22-20-21-16(14-28-20)15-6-4-5-7-17(15)27-13-19(25)23-9-11-26-12-10-23/h4-7,14H,2-3,8-13H2,1H3,(H,21,22,24). The summed E-state index contributed by atoms with van der Waals surface area (Å²) in [5.41, 5.74) is 1.51. The zero-order valence-electron chi connectivity index (χ0n) is 16.0. The average Bonchev–Trinajstić information content (AvgIpc) is 3.19. The second kappa shape index (κ2) is 10.2. The summed E-state index contributed by atoms with van der Waals surface area (Å²) >= 11 is 1.37. The smallest absolute Gasteiger partial charge is 0.260 e. The quantitative estimate of drug-likeness (QED) is 0.732. The molecule has 0 bridgehead atoms. The number of nitrogens with zero attached hydrogens (tertiary/aromatic N) is 2. The molecule has 0 atom stereocenters. The van der Waals surface area contributed by atoms with Crippen LogP contribution in [0, 0.1) is 0 Å². The number of thiazole rings is 1. The number of anilines is 1. The van der Waals surface area contributed by atoms with Crippen LogP contribution >= 0.6 is 11.3 Å². The number of ether oxygens (including phenoxy) is 2. The molecule has 1 saturated heterocycles. The zero-order chi connectivity index (χ0) is 19.8. The highest BCUT2D eigenvalue weighted by Crippen LogP contribution is 2.32. The molecule has 150 valence electrons. The molecular formula is C20H25N3O4S. The number of unbranched alkanes of at least 4 members (excludes halogenated alkanes) is 1. The Balaban J connectivity index is 1.63. The molecule has 0 radical (unpaired) electrons. The summed E-state index contributed by atoms with van der Waals surface area (Å²) in [5.74, 6) is 0.516. The molecule has 0 saturated carbocycles. The Morgan fingerprint density at radius 1 is 1.29 bits per heavy atom. The Labute approximate surface area is 168 Å². The van der Waals surface area contributed by atoms with E-state index in [1.807, 2.05) is 29.6 Å². The monoisotopic (exact) mass is 403 g/mol. The number of morpholine rings is 1. The lowest BCUT2D eigenvalue weighted by atomic mass is 10.1. The summed E-state index contributed by atoms with van der Waals surface area (Å²) in [4.78, 5) is 30.5. The summed E-state index contributed by atoms with van der Waals surface area (Å²) in [6, 6.07) is 7.47. The van der Waals surface area contributed by atoms with Crippen LogP contribution in [0.5, 0.6) is 5.75 Å². The number of nitrogens with one attached hydrogen (secondary N) is 1. The first kappa shape index (κ1) is 20.3. The van der Waals surface area contributed by atoms with Gasteiger partial charge in [0, 0.05) is 30.5 Å². The van der Waals surface area contributed by atoms with E-state index in [1.165, 1.54) is 11.3 Å². The molecule has 1 aliphatic heterocycles. The van der Waals surface area contributed by atoms with Crippen molar-refractivity contribution in [3.8, 4) is 17.0 Å². The molecule has 2 aromatic rings. The molecule has 1 N–H and O–H groups in total. The topological polar surface area (TPSA) is 80.8 Å². The van der Waals surface area contributed by atoms with Crippen LogP contribution in [0.1, 0.15) is 26.2 Å². The van der Waals surface area contributed by atoms with Gasteiger partial charge in [-0.15, -0.1) is 11.3 Å². The molecule has 1 aromatic carbocycles. The van der Waals surface area contributed by atoms with Gasteiger partial charge in [0.2, 0.25) is 5.91 Å². The van der Waals surface area contributed by atoms with Crippen LogP contribution in [0.3, 0.4) is 0 Å². The molecule has 3 rings (SSSR count). The number of para-hydroxylation sites is 1. The molecule has 2 amide bonds. The minimum atomic E-state index is -0.0553. The molecule has 0 aliphatic carbocycles. The lowest BCUT2D eigenvalue weighted by Gasteiger charge is -2.26. The van der Waals surface area contributed by atoms with Crippen molar-refractivity contribution in [1.29, 1.82) is 0 Å².